The Morgan fingerprint density at radius 1 is 0.848 bits per heavy atom. The molecule has 11 atom stereocenters. The van der Waals surface area contributed by atoms with E-state index >= 15 is 0 Å². The molecule has 19 nitrogen and oxygen atoms in total. The molecule has 4 N–H and O–H groups in total. The number of carbonyl (C=O) groups is 10. The lowest BCUT2D eigenvalue weighted by Gasteiger charge is -2.41. The lowest BCUT2D eigenvalue weighted by molar-refractivity contribution is -0.150. The van der Waals surface area contributed by atoms with Gasteiger partial charge in [0.25, 0.3) is 0 Å². The van der Waals surface area contributed by atoms with Crippen LogP contribution in [-0.2, 0) is 63.8 Å². The van der Waals surface area contributed by atoms with Crippen LogP contribution in [0.1, 0.15) is 146 Å². The number of Topliss-reactive ketones (excluding diaryl/α,β-unsaturated/α-hetero) is 4. The molecule has 1 saturated heterocycles. The predicted octanol–water partition coefficient (Wildman–Crippen LogP) is 6.30. The first-order chi connectivity index (χ1) is 37.8. The van der Waals surface area contributed by atoms with Gasteiger partial charge in [-0.05, 0) is 62.3 Å². The predicted molar refractivity (Wildman–Crippen MR) is 304 cm³/mol. The summed E-state index contributed by atoms with van der Waals surface area (Å²) in [5.74, 6) is -7.58. The largest absolute Gasteiger partial charge is 0.481 e. The number of carboxylic acids is 2. The van der Waals surface area contributed by atoms with Crippen LogP contribution in [0, 0.1) is 35.5 Å². The summed E-state index contributed by atoms with van der Waals surface area (Å²) in [5, 5.41) is 24.1. The quantitative estimate of drug-likeness (QED) is 0.0525. The molecule has 1 fully saturated rings. The van der Waals surface area contributed by atoms with E-state index < -0.39 is 83.6 Å². The first kappa shape index (κ1) is 68.2. The average molecular weight is 1130 g/mol. The molecule has 0 aromatic heterocycles. The Labute approximate surface area is 475 Å². The third-order valence-electron chi connectivity index (χ3n) is 15.6. The fourth-order valence-electron chi connectivity index (χ4n) is 10.6. The highest BCUT2D eigenvalue weighted by Crippen LogP contribution is 2.32. The molecular weight excluding hydrogens is 1030 g/mol. The number of likely N-dealkylation sites (N-methyl/N-ethyl adjacent to an activating group) is 2. The van der Waals surface area contributed by atoms with Gasteiger partial charge in [0.15, 0.2) is 5.78 Å². The summed E-state index contributed by atoms with van der Waals surface area (Å²) in [7, 11) is 6.27. The smallest absolute Gasteiger partial charge is 0.307 e. The summed E-state index contributed by atoms with van der Waals surface area (Å²) >= 11 is 1.00. The number of nitrogens with zero attached hydrogens (tertiary/aromatic N) is 3. The van der Waals surface area contributed by atoms with Gasteiger partial charge in [-0.15, -0.1) is 11.8 Å². The first-order valence-electron chi connectivity index (χ1n) is 28.8. The monoisotopic (exact) mass is 1130 g/mol. The second kappa shape index (κ2) is 35.6. The number of likely N-dealkylation sites (tertiary alicyclic amines) is 1. The number of amides is 4. The second-order valence-corrected chi connectivity index (χ2v) is 23.3. The minimum absolute atomic E-state index is 0.0380. The number of thioether (sulfide) groups is 1. The van der Waals surface area contributed by atoms with E-state index in [2.05, 4.69) is 10.6 Å². The van der Waals surface area contributed by atoms with E-state index in [0.29, 0.717) is 45.1 Å². The van der Waals surface area contributed by atoms with E-state index in [9.17, 15) is 58.2 Å². The number of ketones is 4. The fraction of sp³-hybridized carbons (Fsp3) is 0.729. The number of rotatable bonds is 40. The fourth-order valence-corrected chi connectivity index (χ4v) is 11.9. The normalized spacial score (nSPS) is 17.5. The van der Waals surface area contributed by atoms with Crippen LogP contribution in [0.5, 0.6) is 0 Å². The van der Waals surface area contributed by atoms with Crippen molar-refractivity contribution in [2.45, 2.75) is 187 Å². The Morgan fingerprint density at radius 2 is 1.52 bits per heavy atom. The molecule has 0 radical (unpaired) electrons. The standard InChI is InChI=1S/C59H95N5O14S/c1-14-38(7)55(49(77-12)32-52(70)64-28-22-25-46(64)56(78-13)39(8)47(67)30-42(59(75)76)29-41-23-18-16-19-24-41)63(11)58(74)44(36(3)4)31-48(68)54(37(5)6)62(10)51(69)26-20-17-21-27-60-57(73)50(33-53(71)72)79-35-45(40(9)65)61-34-43(66)15-2/h16,18-19,23-24,36-39,42,44-46,49-50,54-56,61H,14-15,17,20-22,25-35H2,1-13H3,(H,60,73)(H,71,72)(H,75,76)/t38-,39-,42+,44-,45?,46-,49+,50?,54-,55-,56+/m0/s1/i2T. The number of ether oxygens (including phenoxy) is 2. The molecule has 1 aliphatic rings. The van der Waals surface area contributed by atoms with Gasteiger partial charge in [-0.3, -0.25) is 53.3 Å². The number of benzene rings is 1. The summed E-state index contributed by atoms with van der Waals surface area (Å²) in [4.78, 5) is 137. The molecule has 0 bridgehead atoms. The molecule has 0 saturated carbocycles. The molecule has 1 aromatic rings. The molecule has 1 aromatic carbocycles. The van der Waals surface area contributed by atoms with Crippen LogP contribution in [0.15, 0.2) is 30.3 Å². The van der Waals surface area contributed by atoms with E-state index in [1.54, 1.807) is 30.8 Å². The van der Waals surface area contributed by atoms with E-state index in [-0.39, 0.29) is 123 Å². The van der Waals surface area contributed by atoms with Crippen LogP contribution in [0.2, 0.25) is 0 Å². The SMILES string of the molecule is [3H]CCC(=O)CNC(CSC(CC(=O)O)C(=O)NCCCCCC(=O)N(C)[C@H](C(=O)C[C@H](C(=O)N(C)[C@@H]([C@@H](C)CC)[C@@H](CC(=O)N1CCC[C@H]1[C@H](OC)[C@@H](C)C(=O)C[C@@H](Cc1ccccc1)C(=O)O)OC)C(C)C)C(C)C)C(C)=O. The Balaban J connectivity index is 2.12. The summed E-state index contributed by atoms with van der Waals surface area (Å²) in [6.45, 7) is 14.9. The number of carboxylic acid groups (broad SMARTS) is 2. The molecule has 0 aliphatic carbocycles. The maximum absolute atomic E-state index is 14.8. The van der Waals surface area contributed by atoms with Crippen LogP contribution >= 0.6 is 11.8 Å². The summed E-state index contributed by atoms with van der Waals surface area (Å²) in [6, 6.07) is 6.53. The van der Waals surface area contributed by atoms with Crippen LogP contribution in [0.4, 0.5) is 0 Å². The van der Waals surface area contributed by atoms with Crippen LogP contribution in [-0.4, -0.2) is 179 Å². The Morgan fingerprint density at radius 3 is 2.08 bits per heavy atom. The van der Waals surface area contributed by atoms with Crippen LogP contribution < -0.4 is 10.6 Å². The number of aliphatic carboxylic acids is 2. The van der Waals surface area contributed by atoms with E-state index in [0.717, 1.165) is 17.3 Å². The molecule has 79 heavy (non-hydrogen) atoms. The van der Waals surface area contributed by atoms with Gasteiger partial charge in [0.05, 0.1) is 66.9 Å². The lowest BCUT2D eigenvalue weighted by Crippen LogP contribution is -2.54. The maximum Gasteiger partial charge on any atom is 0.307 e. The van der Waals surface area contributed by atoms with Gasteiger partial charge in [-0.1, -0.05) is 98.5 Å². The Bertz CT molecular complexity index is 2190. The highest BCUT2D eigenvalue weighted by molar-refractivity contribution is 8.00. The zero-order chi connectivity index (χ0) is 60.4. The number of hydrogen-bond acceptors (Lipinski definition) is 14. The molecular formula is C59H95N5O14S. The second-order valence-electron chi connectivity index (χ2n) is 22.1. The van der Waals surface area contributed by atoms with E-state index in [1.165, 1.54) is 26.0 Å². The van der Waals surface area contributed by atoms with Crippen molar-refractivity contribution in [3.63, 3.8) is 0 Å². The van der Waals surface area contributed by atoms with Gasteiger partial charge in [0, 0.05) is 86.0 Å². The minimum Gasteiger partial charge on any atom is -0.481 e. The van der Waals surface area contributed by atoms with E-state index in [4.69, 9.17) is 10.8 Å². The van der Waals surface area contributed by atoms with Crippen LogP contribution in [0.3, 0.4) is 0 Å². The third kappa shape index (κ3) is 22.4. The Kier molecular flexibility index (Phi) is 30.8. The van der Waals surface area contributed by atoms with Crippen molar-refractivity contribution in [1.82, 2.24) is 25.3 Å². The van der Waals surface area contributed by atoms with Crippen molar-refractivity contribution in [2.75, 3.05) is 53.7 Å². The molecule has 1 aliphatic heterocycles. The number of carbonyl (C=O) groups excluding carboxylic acids is 8. The van der Waals surface area contributed by atoms with Crippen molar-refractivity contribution in [2.24, 2.45) is 35.5 Å². The van der Waals surface area contributed by atoms with Crippen molar-refractivity contribution < 1.29 is 69.0 Å². The van der Waals surface area contributed by atoms with Crippen LogP contribution in [0.25, 0.3) is 0 Å². The molecule has 1 heterocycles. The van der Waals surface area contributed by atoms with Gasteiger partial charge in [0.1, 0.15) is 17.3 Å². The van der Waals surface area contributed by atoms with Crippen molar-refractivity contribution in [3.05, 3.63) is 35.9 Å². The molecule has 446 valence electrons. The van der Waals surface area contributed by atoms with Gasteiger partial charge >= 0.3 is 11.9 Å². The van der Waals surface area contributed by atoms with Gasteiger partial charge in [-0.25, -0.2) is 0 Å². The maximum atomic E-state index is 14.8. The zero-order valence-corrected chi connectivity index (χ0v) is 50.0. The topological polar surface area (TPSA) is 263 Å². The third-order valence-corrected chi connectivity index (χ3v) is 16.9. The number of unbranched alkanes of at least 4 members (excludes halogenated alkanes) is 2. The first-order valence-corrected chi connectivity index (χ1v) is 29.2. The number of methoxy groups -OCH3 is 2. The van der Waals surface area contributed by atoms with Crippen molar-refractivity contribution >= 4 is 70.5 Å². The molecule has 2 unspecified atom stereocenters. The minimum atomic E-state index is -1.19. The van der Waals surface area contributed by atoms with E-state index in [1.807, 2.05) is 71.9 Å². The molecule has 0 spiro atoms. The molecule has 2 rings (SSSR count). The van der Waals surface area contributed by atoms with Crippen molar-refractivity contribution in [1.29, 1.82) is 0 Å². The summed E-state index contributed by atoms with van der Waals surface area (Å²) in [5.41, 5.74) is 0.815. The summed E-state index contributed by atoms with van der Waals surface area (Å²) in [6.07, 6.45) is 1.43. The molecule has 20 heteroatoms. The highest BCUT2D eigenvalue weighted by Gasteiger charge is 2.44. The van der Waals surface area contributed by atoms with Gasteiger partial charge in [-0.2, -0.15) is 0 Å². The van der Waals surface area contributed by atoms with Gasteiger partial charge in [0.2, 0.25) is 23.6 Å². The summed E-state index contributed by atoms with van der Waals surface area (Å²) < 4.78 is 19.2. The lowest BCUT2D eigenvalue weighted by atomic mass is 9.83. The zero-order valence-electron chi connectivity index (χ0n) is 50.2. The molecule has 4 amide bonds. The Hall–Kier alpha value is -5.05. The highest BCUT2D eigenvalue weighted by atomic mass is 32.2. The number of hydrogen-bond donors (Lipinski definition) is 4. The number of nitrogens with one attached hydrogen (secondary N) is 2. The average Bonchev–Trinajstić information content (AvgIpc) is 3.89. The van der Waals surface area contributed by atoms with Crippen molar-refractivity contribution in [3.8, 4) is 0 Å². The van der Waals surface area contributed by atoms with Gasteiger partial charge < -0.3 is 39.7 Å².